The molecule has 0 spiro atoms. The average molecular weight is 529 g/mol. The lowest BCUT2D eigenvalue weighted by molar-refractivity contribution is -0.0440. The van der Waals surface area contributed by atoms with Crippen molar-refractivity contribution >= 4 is 28.7 Å². The number of carbonyl (C=O) groups is 2. The number of hydrogen-bond acceptors (Lipinski definition) is 9. The lowest BCUT2D eigenvalue weighted by atomic mass is 10.1. The second-order valence-corrected chi connectivity index (χ2v) is 9.94. The number of rotatable bonds is 7. The number of ketones is 1. The highest BCUT2D eigenvalue weighted by Gasteiger charge is 2.46. The summed E-state index contributed by atoms with van der Waals surface area (Å²) in [7, 11) is 0. The monoisotopic (exact) mass is 528 g/mol. The van der Waals surface area contributed by atoms with Crippen LogP contribution in [0.1, 0.15) is 45.0 Å². The largest absolute Gasteiger partial charge is 0.394 e. The molecule has 0 bridgehead atoms. The number of ether oxygens (including phenoxy) is 1. The Balaban J connectivity index is 1.27. The van der Waals surface area contributed by atoms with Gasteiger partial charge in [0.25, 0.3) is 5.91 Å². The van der Waals surface area contributed by atoms with Gasteiger partial charge in [0, 0.05) is 17.2 Å². The standard InChI is InChI=1S/C28H28N6O5/c1-15(36)16-7-4-8-19(9-16)27(38)33-22-24(37)21(12-35)39-28(22)34-14-31-23-25(29-13-30-26(23)34)32-20-10-17-5-2-3-6-18(17)11-20/h2-9,13-14,20-22,24,28,35,37H,10-12H2,1H3,(H,33,38)(H,29,30,32)/t21-,22-,24-,28-/m1/s1. The molecule has 4 N–H and O–H groups in total. The van der Waals surface area contributed by atoms with E-state index in [1.54, 1.807) is 22.8 Å². The molecule has 0 radical (unpaired) electrons. The molecule has 2 aliphatic rings. The number of amides is 1. The first kappa shape index (κ1) is 25.1. The molecule has 39 heavy (non-hydrogen) atoms. The minimum absolute atomic E-state index is 0.159. The molecule has 0 unspecified atom stereocenters. The maximum absolute atomic E-state index is 13.1. The number of anilines is 1. The summed E-state index contributed by atoms with van der Waals surface area (Å²) in [5.41, 5.74) is 4.26. The number of aromatic nitrogens is 4. The van der Waals surface area contributed by atoms with Crippen molar-refractivity contribution in [1.29, 1.82) is 0 Å². The van der Waals surface area contributed by atoms with Crippen LogP contribution in [0.15, 0.2) is 61.2 Å². The molecular weight excluding hydrogens is 500 g/mol. The van der Waals surface area contributed by atoms with Crippen molar-refractivity contribution in [2.75, 3.05) is 11.9 Å². The van der Waals surface area contributed by atoms with Gasteiger partial charge < -0.3 is 25.6 Å². The van der Waals surface area contributed by atoms with Gasteiger partial charge in [0.05, 0.1) is 12.9 Å². The third kappa shape index (κ3) is 4.65. The van der Waals surface area contributed by atoms with E-state index in [0.29, 0.717) is 22.5 Å². The number of nitrogens with one attached hydrogen (secondary N) is 2. The Morgan fingerprint density at radius 3 is 2.51 bits per heavy atom. The Labute approximate surface area is 223 Å². The van der Waals surface area contributed by atoms with E-state index in [-0.39, 0.29) is 17.4 Å². The van der Waals surface area contributed by atoms with Crippen LogP contribution in [0, 0.1) is 0 Å². The summed E-state index contributed by atoms with van der Waals surface area (Å²) >= 11 is 0. The van der Waals surface area contributed by atoms with Crippen molar-refractivity contribution in [3.05, 3.63) is 83.4 Å². The smallest absolute Gasteiger partial charge is 0.251 e. The highest BCUT2D eigenvalue weighted by Crippen LogP contribution is 2.33. The Hall–Kier alpha value is -4.19. The summed E-state index contributed by atoms with van der Waals surface area (Å²) in [5.74, 6) is -0.0745. The fourth-order valence-corrected chi connectivity index (χ4v) is 5.40. The average Bonchev–Trinajstić information content (AvgIpc) is 3.64. The molecule has 11 nitrogen and oxygen atoms in total. The molecule has 1 saturated heterocycles. The van der Waals surface area contributed by atoms with Gasteiger partial charge in [-0.15, -0.1) is 0 Å². The lowest BCUT2D eigenvalue weighted by Gasteiger charge is -2.23. The summed E-state index contributed by atoms with van der Waals surface area (Å²) in [6.07, 6.45) is 1.67. The van der Waals surface area contributed by atoms with Crippen LogP contribution in [0.5, 0.6) is 0 Å². The molecule has 0 saturated carbocycles. The number of hydrogen-bond donors (Lipinski definition) is 4. The van der Waals surface area contributed by atoms with Gasteiger partial charge in [0.2, 0.25) is 0 Å². The first-order valence-electron chi connectivity index (χ1n) is 12.8. The number of imidazole rings is 1. The van der Waals surface area contributed by atoms with Gasteiger partial charge in [-0.05, 0) is 43.0 Å². The number of aliphatic hydroxyl groups excluding tert-OH is 2. The first-order valence-corrected chi connectivity index (χ1v) is 12.8. The molecule has 200 valence electrons. The molecule has 3 heterocycles. The molecule has 1 aliphatic carbocycles. The van der Waals surface area contributed by atoms with E-state index in [0.717, 1.165) is 12.8 Å². The van der Waals surface area contributed by atoms with Crippen molar-refractivity contribution in [3.8, 4) is 0 Å². The van der Waals surface area contributed by atoms with Gasteiger partial charge in [0.1, 0.15) is 24.6 Å². The molecule has 6 rings (SSSR count). The molecule has 4 aromatic rings. The maximum Gasteiger partial charge on any atom is 0.251 e. The van der Waals surface area contributed by atoms with Gasteiger partial charge in [0.15, 0.2) is 29.0 Å². The number of aliphatic hydroxyl groups is 2. The fraction of sp³-hybridized carbons (Fsp3) is 0.321. The van der Waals surface area contributed by atoms with E-state index in [1.165, 1.54) is 36.8 Å². The van der Waals surface area contributed by atoms with Crippen molar-refractivity contribution in [3.63, 3.8) is 0 Å². The predicted molar refractivity (Wildman–Crippen MR) is 141 cm³/mol. The van der Waals surface area contributed by atoms with Crippen LogP contribution in [0.25, 0.3) is 11.2 Å². The minimum Gasteiger partial charge on any atom is -0.394 e. The number of nitrogens with zero attached hydrogens (tertiary/aromatic N) is 4. The Bertz CT molecular complexity index is 1530. The van der Waals surface area contributed by atoms with E-state index in [9.17, 15) is 19.8 Å². The Morgan fingerprint density at radius 1 is 1.05 bits per heavy atom. The van der Waals surface area contributed by atoms with E-state index in [4.69, 9.17) is 4.74 Å². The quantitative estimate of drug-likeness (QED) is 0.263. The van der Waals surface area contributed by atoms with Crippen molar-refractivity contribution in [2.24, 2.45) is 0 Å². The second kappa shape index (κ2) is 10.2. The van der Waals surface area contributed by atoms with Crippen LogP contribution in [0.2, 0.25) is 0 Å². The number of benzene rings is 2. The van der Waals surface area contributed by atoms with Crippen molar-refractivity contribution in [2.45, 2.75) is 50.3 Å². The summed E-state index contributed by atoms with van der Waals surface area (Å²) in [6, 6.07) is 13.9. The highest BCUT2D eigenvalue weighted by atomic mass is 16.5. The van der Waals surface area contributed by atoms with Crippen molar-refractivity contribution in [1.82, 2.24) is 24.8 Å². The van der Waals surface area contributed by atoms with Crippen molar-refractivity contribution < 1.29 is 24.5 Å². The molecule has 11 heteroatoms. The summed E-state index contributed by atoms with van der Waals surface area (Å²) in [5, 5.41) is 27.0. The fourth-order valence-electron chi connectivity index (χ4n) is 5.40. The van der Waals surface area contributed by atoms with Gasteiger partial charge in [-0.2, -0.15) is 0 Å². The lowest BCUT2D eigenvalue weighted by Crippen LogP contribution is -2.46. The molecule has 2 aromatic carbocycles. The SMILES string of the molecule is CC(=O)c1cccc(C(=O)N[C@@H]2[C@H](O)[C@@H](CO)O[C@H]2n2cnc3c(NC4Cc5ccccc5C4)ncnc32)c1. The summed E-state index contributed by atoms with van der Waals surface area (Å²) in [4.78, 5) is 38.3. The van der Waals surface area contributed by atoms with E-state index in [1.807, 2.05) is 12.1 Å². The third-order valence-electron chi connectivity index (χ3n) is 7.40. The van der Waals surface area contributed by atoms with Crippen LogP contribution < -0.4 is 10.6 Å². The second-order valence-electron chi connectivity index (χ2n) is 9.94. The van der Waals surface area contributed by atoms with Gasteiger partial charge in [-0.1, -0.05) is 36.4 Å². The van der Waals surface area contributed by atoms with Gasteiger partial charge >= 0.3 is 0 Å². The molecule has 1 aliphatic heterocycles. The third-order valence-corrected chi connectivity index (χ3v) is 7.40. The van der Waals surface area contributed by atoms with Gasteiger partial charge in [-0.3, -0.25) is 14.2 Å². The topological polar surface area (TPSA) is 151 Å². The zero-order chi connectivity index (χ0) is 27.1. The normalized spacial score (nSPS) is 22.6. The maximum atomic E-state index is 13.1. The molecular formula is C28H28N6O5. The molecule has 1 amide bonds. The summed E-state index contributed by atoms with van der Waals surface area (Å²) in [6.45, 7) is 0.981. The Kier molecular flexibility index (Phi) is 6.55. The van der Waals surface area contributed by atoms with Crippen LogP contribution in [0.3, 0.4) is 0 Å². The van der Waals surface area contributed by atoms with Crippen LogP contribution in [-0.2, 0) is 17.6 Å². The zero-order valence-corrected chi connectivity index (χ0v) is 21.2. The Morgan fingerprint density at radius 2 is 1.79 bits per heavy atom. The van der Waals surface area contributed by atoms with E-state index >= 15 is 0 Å². The first-order chi connectivity index (χ1) is 18.9. The van der Waals surface area contributed by atoms with Crippen LogP contribution in [-0.4, -0.2) is 72.3 Å². The summed E-state index contributed by atoms with van der Waals surface area (Å²) < 4.78 is 7.60. The highest BCUT2D eigenvalue weighted by molar-refractivity contribution is 5.99. The number of fused-ring (bicyclic) bond motifs is 2. The van der Waals surface area contributed by atoms with E-state index < -0.39 is 37.0 Å². The van der Waals surface area contributed by atoms with E-state index in [2.05, 4.69) is 37.7 Å². The van der Waals surface area contributed by atoms with Gasteiger partial charge in [-0.25, -0.2) is 15.0 Å². The number of Topliss-reactive ketones (excluding diaryl/α,β-unsaturated/α-hetero) is 1. The predicted octanol–water partition coefficient (Wildman–Crippen LogP) is 1.66. The molecule has 2 aromatic heterocycles. The zero-order valence-electron chi connectivity index (χ0n) is 21.2. The number of carbonyl (C=O) groups excluding carboxylic acids is 2. The molecule has 4 atom stereocenters. The van der Waals surface area contributed by atoms with Crippen LogP contribution >= 0.6 is 0 Å². The molecule has 1 fully saturated rings. The van der Waals surface area contributed by atoms with Crippen LogP contribution in [0.4, 0.5) is 5.82 Å². The minimum atomic E-state index is -1.20.